The second kappa shape index (κ2) is 17.2. The Labute approximate surface area is 289 Å². The van der Waals surface area contributed by atoms with Gasteiger partial charge in [0.2, 0.25) is 29.5 Å². The van der Waals surface area contributed by atoms with Crippen LogP contribution in [0.3, 0.4) is 0 Å². The summed E-state index contributed by atoms with van der Waals surface area (Å²) in [6.07, 6.45) is -2.26. The molecule has 50 heavy (non-hydrogen) atoms. The van der Waals surface area contributed by atoms with E-state index in [4.69, 9.17) is 9.84 Å². The molecule has 0 spiro atoms. The molecule has 0 saturated carbocycles. The minimum atomic E-state index is -1.54. The average molecular weight is 697 g/mol. The minimum Gasteiger partial charge on any atom is -0.480 e. The highest BCUT2D eigenvalue weighted by atomic mass is 16.5. The van der Waals surface area contributed by atoms with Crippen LogP contribution in [0.5, 0.6) is 0 Å². The van der Waals surface area contributed by atoms with Gasteiger partial charge in [-0.3, -0.25) is 28.8 Å². The summed E-state index contributed by atoms with van der Waals surface area (Å²) in [5.74, 6) is -5.50. The van der Waals surface area contributed by atoms with Gasteiger partial charge < -0.3 is 46.9 Å². The van der Waals surface area contributed by atoms with E-state index in [1.807, 2.05) is 48.5 Å². The zero-order chi connectivity index (χ0) is 37.3. The summed E-state index contributed by atoms with van der Waals surface area (Å²) < 4.78 is 5.47. The van der Waals surface area contributed by atoms with Crippen molar-refractivity contribution in [2.75, 3.05) is 6.61 Å². The molecule has 1 aliphatic carbocycles. The number of carboxylic acid groups (broad SMARTS) is 1. The topological polar surface area (TPSA) is 241 Å². The molecule has 0 fully saturated rings. The fourth-order valence-electron chi connectivity index (χ4n) is 5.14. The van der Waals surface area contributed by atoms with Crippen LogP contribution >= 0.6 is 0 Å². The summed E-state index contributed by atoms with van der Waals surface area (Å²) in [7, 11) is 0. The first-order chi connectivity index (χ1) is 23.5. The molecule has 16 heteroatoms. The van der Waals surface area contributed by atoms with E-state index in [1.165, 1.54) is 41.5 Å². The first-order valence-corrected chi connectivity index (χ1v) is 16.1. The van der Waals surface area contributed by atoms with Gasteiger partial charge in [0.05, 0.1) is 6.10 Å². The standard InChI is InChI=1S/C34H44N6O10/c1-16(29(43)38-20(5)33(47)48)35-28(42)17(2)37-32(46)27(21(6)41)40-31(45)18(3)36-30(44)19(4)39-34(49)50-15-26-24-13-9-7-11-22(24)23-12-8-10-14-25(23)26/h7-14,16-21,26-27,41H,15H2,1-6H3,(H,35,42)(H,36,44)(H,37,46)(H,38,43)(H,39,49)(H,40,45)(H,47,48)/t16-,17-,18-,19-,20-,21+,27-/m0/s1. The van der Waals surface area contributed by atoms with Crippen LogP contribution in [0.15, 0.2) is 48.5 Å². The third kappa shape index (κ3) is 10.0. The molecule has 1 aliphatic rings. The number of carbonyl (C=O) groups excluding carboxylic acids is 6. The smallest absolute Gasteiger partial charge is 0.407 e. The molecule has 2 aromatic carbocycles. The maximum atomic E-state index is 12.9. The molecule has 0 unspecified atom stereocenters. The van der Waals surface area contributed by atoms with Crippen molar-refractivity contribution >= 4 is 41.6 Å². The molecule has 7 atom stereocenters. The highest BCUT2D eigenvalue weighted by Crippen LogP contribution is 2.44. The Balaban J connectivity index is 1.47. The van der Waals surface area contributed by atoms with Gasteiger partial charge in [-0.05, 0) is 63.8 Å². The maximum absolute atomic E-state index is 12.9. The van der Waals surface area contributed by atoms with E-state index in [0.717, 1.165) is 22.3 Å². The van der Waals surface area contributed by atoms with Gasteiger partial charge in [0.25, 0.3) is 0 Å². The van der Waals surface area contributed by atoms with Crippen LogP contribution in [0.4, 0.5) is 4.79 Å². The Morgan fingerprint density at radius 2 is 0.960 bits per heavy atom. The van der Waals surface area contributed by atoms with E-state index >= 15 is 0 Å². The fraction of sp³-hybridized carbons (Fsp3) is 0.441. The Hall–Kier alpha value is -5.51. The summed E-state index contributed by atoms with van der Waals surface area (Å²) in [4.78, 5) is 86.8. The predicted molar refractivity (Wildman–Crippen MR) is 179 cm³/mol. The van der Waals surface area contributed by atoms with Crippen molar-refractivity contribution in [2.45, 2.75) is 89.8 Å². The maximum Gasteiger partial charge on any atom is 0.407 e. The number of fused-ring (bicyclic) bond motifs is 3. The molecule has 8 N–H and O–H groups in total. The fourth-order valence-corrected chi connectivity index (χ4v) is 5.14. The van der Waals surface area contributed by atoms with Crippen LogP contribution < -0.4 is 31.9 Å². The Kier molecular flexibility index (Phi) is 13.4. The molecule has 6 amide bonds. The summed E-state index contributed by atoms with van der Waals surface area (Å²) in [6.45, 7) is 7.87. The van der Waals surface area contributed by atoms with Gasteiger partial charge in [0.15, 0.2) is 0 Å². The molecule has 0 aliphatic heterocycles. The van der Waals surface area contributed by atoms with Crippen LogP contribution in [-0.2, 0) is 33.5 Å². The lowest BCUT2D eigenvalue weighted by Crippen LogP contribution is -2.60. The molecule has 0 aromatic heterocycles. The van der Waals surface area contributed by atoms with Crippen molar-refractivity contribution in [3.63, 3.8) is 0 Å². The van der Waals surface area contributed by atoms with Crippen LogP contribution in [0.2, 0.25) is 0 Å². The summed E-state index contributed by atoms with van der Waals surface area (Å²) in [6, 6.07) is 8.27. The molecule has 0 bridgehead atoms. The van der Waals surface area contributed by atoms with Gasteiger partial charge in [-0.1, -0.05) is 48.5 Å². The lowest BCUT2D eigenvalue weighted by atomic mass is 9.98. The number of alkyl carbamates (subject to hydrolysis) is 1. The minimum absolute atomic E-state index is 0.0382. The van der Waals surface area contributed by atoms with E-state index in [9.17, 15) is 38.7 Å². The molecule has 3 rings (SSSR count). The van der Waals surface area contributed by atoms with Crippen molar-refractivity contribution in [3.8, 4) is 11.1 Å². The zero-order valence-corrected chi connectivity index (χ0v) is 28.6. The van der Waals surface area contributed by atoms with Crippen molar-refractivity contribution < 1.29 is 48.5 Å². The molecule has 2 aromatic rings. The van der Waals surface area contributed by atoms with Crippen molar-refractivity contribution in [1.29, 1.82) is 0 Å². The lowest BCUT2D eigenvalue weighted by Gasteiger charge is -2.25. The highest BCUT2D eigenvalue weighted by molar-refractivity contribution is 5.96. The summed E-state index contributed by atoms with van der Waals surface area (Å²) in [5.41, 5.74) is 4.18. The SMILES string of the molecule is C[C@H](NC(=O)[C@H](C)NC(=O)[C@H](C)NC(=O)[C@@H](NC(=O)[C@H](C)NC(=O)[C@H](C)NC(=O)OCC1c2ccccc2-c2ccccc21)[C@@H](C)O)C(=O)O. The van der Waals surface area contributed by atoms with Crippen LogP contribution in [0, 0.1) is 0 Å². The third-order valence-electron chi connectivity index (χ3n) is 8.12. The van der Waals surface area contributed by atoms with Gasteiger partial charge in [-0.15, -0.1) is 0 Å². The Morgan fingerprint density at radius 1 is 0.580 bits per heavy atom. The highest BCUT2D eigenvalue weighted by Gasteiger charge is 2.32. The first-order valence-electron chi connectivity index (χ1n) is 16.1. The Morgan fingerprint density at radius 3 is 1.40 bits per heavy atom. The zero-order valence-electron chi connectivity index (χ0n) is 28.6. The summed E-state index contributed by atoms with van der Waals surface area (Å²) >= 11 is 0. The number of hydrogen-bond acceptors (Lipinski definition) is 9. The van der Waals surface area contributed by atoms with Crippen LogP contribution in [0.1, 0.15) is 58.6 Å². The number of aliphatic hydroxyl groups excluding tert-OH is 1. The van der Waals surface area contributed by atoms with Crippen LogP contribution in [0.25, 0.3) is 11.1 Å². The first kappa shape index (κ1) is 38.9. The molecule has 0 heterocycles. The van der Waals surface area contributed by atoms with E-state index < -0.39 is 84.0 Å². The number of carboxylic acids is 1. The van der Waals surface area contributed by atoms with E-state index in [1.54, 1.807) is 0 Å². The number of ether oxygens (including phenoxy) is 1. The average Bonchev–Trinajstić information content (AvgIpc) is 3.38. The van der Waals surface area contributed by atoms with Crippen molar-refractivity contribution in [1.82, 2.24) is 31.9 Å². The molecule has 0 saturated heterocycles. The van der Waals surface area contributed by atoms with Gasteiger partial charge in [-0.2, -0.15) is 0 Å². The molecule has 270 valence electrons. The normalized spacial score (nSPS) is 16.0. The van der Waals surface area contributed by atoms with Gasteiger partial charge in [0, 0.05) is 5.92 Å². The summed E-state index contributed by atoms with van der Waals surface area (Å²) in [5, 5.41) is 33.2. The van der Waals surface area contributed by atoms with Gasteiger partial charge >= 0.3 is 12.1 Å². The number of nitrogens with one attached hydrogen (secondary N) is 6. The van der Waals surface area contributed by atoms with Gasteiger partial charge in [-0.25, -0.2) is 4.79 Å². The van der Waals surface area contributed by atoms with Gasteiger partial charge in [0.1, 0.15) is 42.9 Å². The molecule has 0 radical (unpaired) electrons. The molecular weight excluding hydrogens is 652 g/mol. The number of rotatable bonds is 15. The van der Waals surface area contributed by atoms with E-state index in [-0.39, 0.29) is 12.5 Å². The lowest BCUT2D eigenvalue weighted by molar-refractivity contribution is -0.141. The predicted octanol–water partition coefficient (Wildman–Crippen LogP) is -0.117. The monoisotopic (exact) mass is 696 g/mol. The van der Waals surface area contributed by atoms with Crippen molar-refractivity contribution in [2.24, 2.45) is 0 Å². The number of carbonyl (C=O) groups is 7. The molecule has 16 nitrogen and oxygen atoms in total. The largest absolute Gasteiger partial charge is 0.480 e. The quantitative estimate of drug-likeness (QED) is 0.123. The number of benzene rings is 2. The van der Waals surface area contributed by atoms with E-state index in [0.29, 0.717) is 0 Å². The Bertz CT molecular complexity index is 1570. The number of hydrogen-bond donors (Lipinski definition) is 8. The molecular formula is C34H44N6O10. The van der Waals surface area contributed by atoms with Crippen molar-refractivity contribution in [3.05, 3.63) is 59.7 Å². The third-order valence-corrected chi connectivity index (χ3v) is 8.12. The van der Waals surface area contributed by atoms with Crippen LogP contribution in [-0.4, -0.2) is 101 Å². The number of aliphatic hydroxyl groups is 1. The number of amides is 6. The second-order valence-electron chi connectivity index (χ2n) is 12.2. The number of aliphatic carboxylic acids is 1. The van der Waals surface area contributed by atoms with E-state index in [2.05, 4.69) is 31.9 Å². The second-order valence-corrected chi connectivity index (χ2v) is 12.2.